The number of para-hydroxylation sites is 2. The van der Waals surface area contributed by atoms with E-state index < -0.39 is 0 Å². The van der Waals surface area contributed by atoms with Gasteiger partial charge in [-0.15, -0.1) is 0 Å². The summed E-state index contributed by atoms with van der Waals surface area (Å²) in [6, 6.07) is 8.12. The topological polar surface area (TPSA) is 67.2 Å². The molecule has 1 saturated heterocycles. The molecule has 1 N–H and O–H groups in total. The second-order valence-corrected chi connectivity index (χ2v) is 7.19. The molecule has 1 aliphatic carbocycles. The highest BCUT2D eigenvalue weighted by Crippen LogP contribution is 2.29. The summed E-state index contributed by atoms with van der Waals surface area (Å²) >= 11 is 0. The fourth-order valence-electron chi connectivity index (χ4n) is 3.71. The quantitative estimate of drug-likeness (QED) is 0.923. The Hall–Kier alpha value is -2.37. The Morgan fingerprint density at radius 1 is 1.24 bits per heavy atom. The van der Waals surface area contributed by atoms with Gasteiger partial charge in [0.05, 0.1) is 17.6 Å². The first-order valence-corrected chi connectivity index (χ1v) is 9.10. The van der Waals surface area contributed by atoms with Crippen LogP contribution >= 0.6 is 0 Å². The van der Waals surface area contributed by atoms with Gasteiger partial charge in [-0.3, -0.25) is 9.59 Å². The highest BCUT2D eigenvalue weighted by molar-refractivity contribution is 5.87. The number of aryl methyl sites for hydroxylation is 1. The number of nitrogens with zero attached hydrogens (tertiary/aromatic N) is 3. The van der Waals surface area contributed by atoms with Crippen LogP contribution in [-0.2, 0) is 16.6 Å². The van der Waals surface area contributed by atoms with Crippen LogP contribution in [0.15, 0.2) is 24.3 Å². The van der Waals surface area contributed by atoms with E-state index in [0.717, 1.165) is 49.1 Å². The molecule has 132 valence electrons. The Bertz CT molecular complexity index is 809. The van der Waals surface area contributed by atoms with Gasteiger partial charge in [-0.1, -0.05) is 12.1 Å². The van der Waals surface area contributed by atoms with Crippen molar-refractivity contribution in [2.75, 3.05) is 19.6 Å². The molecule has 1 saturated carbocycles. The van der Waals surface area contributed by atoms with Crippen LogP contribution in [0.25, 0.3) is 11.0 Å². The summed E-state index contributed by atoms with van der Waals surface area (Å²) in [6.45, 7) is 1.55. The van der Waals surface area contributed by atoms with E-state index in [4.69, 9.17) is 4.98 Å². The van der Waals surface area contributed by atoms with E-state index >= 15 is 0 Å². The lowest BCUT2D eigenvalue weighted by molar-refractivity contribution is -0.134. The predicted octanol–water partition coefficient (Wildman–Crippen LogP) is 1.81. The van der Waals surface area contributed by atoms with E-state index in [1.54, 1.807) is 0 Å². The Kier molecular flexibility index (Phi) is 4.19. The fourth-order valence-corrected chi connectivity index (χ4v) is 3.71. The molecule has 0 radical (unpaired) electrons. The van der Waals surface area contributed by atoms with Crippen LogP contribution in [0, 0.1) is 5.92 Å². The van der Waals surface area contributed by atoms with Gasteiger partial charge in [-0.2, -0.15) is 0 Å². The third-order valence-electron chi connectivity index (χ3n) is 5.32. The summed E-state index contributed by atoms with van der Waals surface area (Å²) in [4.78, 5) is 30.9. The van der Waals surface area contributed by atoms with Crippen molar-refractivity contribution in [3.8, 4) is 0 Å². The first-order chi connectivity index (χ1) is 12.1. The van der Waals surface area contributed by atoms with Crippen LogP contribution in [0.4, 0.5) is 0 Å². The molecule has 4 rings (SSSR count). The maximum absolute atomic E-state index is 12.5. The minimum absolute atomic E-state index is 0.0115. The van der Waals surface area contributed by atoms with E-state index in [1.165, 1.54) is 0 Å². The zero-order chi connectivity index (χ0) is 17.4. The summed E-state index contributed by atoms with van der Waals surface area (Å²) in [5.41, 5.74) is 2.12. The normalized spacial score (nSPS) is 20.7. The van der Waals surface area contributed by atoms with Crippen LogP contribution < -0.4 is 5.32 Å². The fraction of sp³-hybridized carbons (Fsp3) is 0.526. The van der Waals surface area contributed by atoms with Gasteiger partial charge in [0.2, 0.25) is 11.8 Å². The van der Waals surface area contributed by atoms with Gasteiger partial charge in [0, 0.05) is 32.0 Å². The van der Waals surface area contributed by atoms with Gasteiger partial charge < -0.3 is 14.8 Å². The molecule has 0 bridgehead atoms. The molecular weight excluding hydrogens is 316 g/mol. The first kappa shape index (κ1) is 16.1. The monoisotopic (exact) mass is 340 g/mol. The summed E-state index contributed by atoms with van der Waals surface area (Å²) in [5, 5.41) is 2.78. The maximum Gasteiger partial charge on any atom is 0.241 e. The van der Waals surface area contributed by atoms with Crippen LogP contribution in [0.1, 0.15) is 37.4 Å². The van der Waals surface area contributed by atoms with Crippen LogP contribution in [-0.4, -0.2) is 45.9 Å². The number of rotatable bonds is 4. The Morgan fingerprint density at radius 3 is 2.80 bits per heavy atom. The summed E-state index contributed by atoms with van der Waals surface area (Å²) in [6.07, 6.45) is 3.92. The van der Waals surface area contributed by atoms with Crippen molar-refractivity contribution in [1.82, 2.24) is 19.8 Å². The highest BCUT2D eigenvalue weighted by atomic mass is 16.2. The molecule has 2 aromatic rings. The second kappa shape index (κ2) is 6.50. The molecule has 0 spiro atoms. The van der Waals surface area contributed by atoms with E-state index in [1.807, 2.05) is 30.1 Å². The Morgan fingerprint density at radius 2 is 2.04 bits per heavy atom. The van der Waals surface area contributed by atoms with E-state index in [9.17, 15) is 9.59 Å². The Balaban J connectivity index is 1.43. The van der Waals surface area contributed by atoms with Crippen LogP contribution in [0.3, 0.4) is 0 Å². The number of hydrogen-bond donors (Lipinski definition) is 1. The molecule has 6 nitrogen and oxygen atoms in total. The smallest absolute Gasteiger partial charge is 0.241 e. The number of piperidine rings is 1. The lowest BCUT2D eigenvalue weighted by Crippen LogP contribution is -2.45. The molecule has 1 aliphatic heterocycles. The van der Waals surface area contributed by atoms with Crippen molar-refractivity contribution in [3.63, 3.8) is 0 Å². The number of nitrogens with one attached hydrogen (secondary N) is 1. The number of carbonyl (C=O) groups excluding carboxylic acids is 2. The SMILES string of the molecule is Cn1c(C2CCCN(C(=O)CNC(=O)C3CC3)C2)nc2ccccc21. The molecule has 1 aromatic heterocycles. The number of carbonyl (C=O) groups is 2. The summed E-state index contributed by atoms with van der Waals surface area (Å²) in [5.74, 6) is 1.46. The number of likely N-dealkylation sites (tertiary alicyclic amines) is 1. The largest absolute Gasteiger partial charge is 0.347 e. The Labute approximate surface area is 147 Å². The van der Waals surface area contributed by atoms with Gasteiger partial charge in [0.15, 0.2) is 0 Å². The third kappa shape index (κ3) is 3.25. The standard InChI is InChI=1S/C19H24N4O2/c1-22-16-7-3-2-6-15(16)21-18(22)14-5-4-10-23(12-14)17(24)11-20-19(25)13-8-9-13/h2-3,6-7,13-14H,4-5,8-12H2,1H3,(H,20,25). The molecule has 2 fully saturated rings. The van der Waals surface area contributed by atoms with Crippen molar-refractivity contribution >= 4 is 22.8 Å². The zero-order valence-electron chi connectivity index (χ0n) is 14.6. The molecule has 6 heteroatoms. The summed E-state index contributed by atoms with van der Waals surface area (Å²) < 4.78 is 2.14. The number of imidazole rings is 1. The number of hydrogen-bond acceptors (Lipinski definition) is 3. The lowest BCUT2D eigenvalue weighted by atomic mass is 9.97. The molecule has 2 heterocycles. The molecule has 2 aliphatic rings. The molecule has 1 atom stereocenters. The van der Waals surface area contributed by atoms with Crippen LogP contribution in [0.2, 0.25) is 0 Å². The van der Waals surface area contributed by atoms with E-state index in [2.05, 4.69) is 16.0 Å². The van der Waals surface area contributed by atoms with Gasteiger partial charge in [0.1, 0.15) is 5.82 Å². The molecule has 2 amide bonds. The number of benzene rings is 1. The number of fused-ring (bicyclic) bond motifs is 1. The highest BCUT2D eigenvalue weighted by Gasteiger charge is 2.31. The van der Waals surface area contributed by atoms with Crippen molar-refractivity contribution in [2.24, 2.45) is 13.0 Å². The summed E-state index contributed by atoms with van der Waals surface area (Å²) in [7, 11) is 2.04. The van der Waals surface area contributed by atoms with E-state index in [0.29, 0.717) is 6.54 Å². The first-order valence-electron chi connectivity index (χ1n) is 9.10. The van der Waals surface area contributed by atoms with Crippen molar-refractivity contribution in [3.05, 3.63) is 30.1 Å². The van der Waals surface area contributed by atoms with E-state index in [-0.39, 0.29) is 30.2 Å². The predicted molar refractivity (Wildman–Crippen MR) is 95.0 cm³/mol. The number of amides is 2. The van der Waals surface area contributed by atoms with Gasteiger partial charge in [-0.05, 0) is 37.8 Å². The van der Waals surface area contributed by atoms with Crippen molar-refractivity contribution in [1.29, 1.82) is 0 Å². The molecule has 1 unspecified atom stereocenters. The third-order valence-corrected chi connectivity index (χ3v) is 5.32. The minimum Gasteiger partial charge on any atom is -0.347 e. The zero-order valence-corrected chi connectivity index (χ0v) is 14.6. The average molecular weight is 340 g/mol. The number of aromatic nitrogens is 2. The van der Waals surface area contributed by atoms with Crippen LogP contribution in [0.5, 0.6) is 0 Å². The van der Waals surface area contributed by atoms with Gasteiger partial charge >= 0.3 is 0 Å². The maximum atomic E-state index is 12.5. The molecule has 25 heavy (non-hydrogen) atoms. The molecule has 1 aromatic carbocycles. The second-order valence-electron chi connectivity index (χ2n) is 7.19. The van der Waals surface area contributed by atoms with Crippen molar-refractivity contribution < 1.29 is 9.59 Å². The lowest BCUT2D eigenvalue weighted by Gasteiger charge is -2.32. The van der Waals surface area contributed by atoms with Gasteiger partial charge in [-0.25, -0.2) is 4.98 Å². The van der Waals surface area contributed by atoms with Gasteiger partial charge in [0.25, 0.3) is 0 Å². The molecular formula is C19H24N4O2. The minimum atomic E-state index is 0.0115. The van der Waals surface area contributed by atoms with Crippen molar-refractivity contribution in [2.45, 2.75) is 31.6 Å². The average Bonchev–Trinajstić information content (AvgIpc) is 3.44.